The maximum atomic E-state index is 11.6. The predicted octanol–water partition coefficient (Wildman–Crippen LogP) is 1.86. The van der Waals surface area contributed by atoms with Crippen LogP contribution in [0.25, 0.3) is 0 Å². The van der Waals surface area contributed by atoms with Crippen LogP contribution in [0.1, 0.15) is 27.7 Å². The molecule has 0 saturated carbocycles. The molecule has 1 N–H and O–H groups in total. The van der Waals surface area contributed by atoms with Crippen molar-refractivity contribution in [1.29, 1.82) is 0 Å². The summed E-state index contributed by atoms with van der Waals surface area (Å²) in [6.07, 6.45) is 0. The summed E-state index contributed by atoms with van der Waals surface area (Å²) in [6.45, 7) is 9.99. The molecule has 0 bridgehead atoms. The van der Waals surface area contributed by atoms with Crippen LogP contribution < -0.4 is 5.32 Å². The molecule has 0 radical (unpaired) electrons. The van der Waals surface area contributed by atoms with Crippen molar-refractivity contribution in [3.63, 3.8) is 0 Å². The summed E-state index contributed by atoms with van der Waals surface area (Å²) >= 11 is 3.39. The molecule has 0 aliphatic carbocycles. The van der Waals surface area contributed by atoms with E-state index in [9.17, 15) is 4.79 Å². The van der Waals surface area contributed by atoms with Crippen LogP contribution >= 0.6 is 15.9 Å². The Labute approximate surface area is 102 Å². The maximum Gasteiger partial charge on any atom is 0.234 e. The number of hydrogen-bond acceptors (Lipinski definition) is 2. The number of nitrogens with one attached hydrogen (secondary N) is 1. The number of nitrogens with zero attached hydrogens (tertiary/aromatic N) is 1. The monoisotopic (exact) mass is 278 g/mol. The van der Waals surface area contributed by atoms with Gasteiger partial charge in [0.1, 0.15) is 0 Å². The van der Waals surface area contributed by atoms with Crippen LogP contribution in [0.15, 0.2) is 0 Å². The van der Waals surface area contributed by atoms with E-state index in [1.165, 1.54) is 0 Å². The van der Waals surface area contributed by atoms with Gasteiger partial charge in [-0.3, -0.25) is 4.79 Å². The SMILES string of the molecule is CCN(C)C(C)CNC(=O)C(Br)C(C)C. The van der Waals surface area contributed by atoms with Crippen molar-refractivity contribution in [2.75, 3.05) is 20.1 Å². The van der Waals surface area contributed by atoms with Gasteiger partial charge >= 0.3 is 0 Å². The molecule has 0 fully saturated rings. The summed E-state index contributed by atoms with van der Waals surface area (Å²) in [5.41, 5.74) is 0. The Morgan fingerprint density at radius 1 is 1.40 bits per heavy atom. The van der Waals surface area contributed by atoms with Gasteiger partial charge in [-0.15, -0.1) is 0 Å². The summed E-state index contributed by atoms with van der Waals surface area (Å²) in [5, 5.41) is 2.95. The Kier molecular flexibility index (Phi) is 7.18. The third-order valence-electron chi connectivity index (χ3n) is 2.66. The third-order valence-corrected chi connectivity index (χ3v) is 4.13. The van der Waals surface area contributed by atoms with Gasteiger partial charge in [0.15, 0.2) is 0 Å². The molecule has 4 heteroatoms. The number of alkyl halides is 1. The van der Waals surface area contributed by atoms with E-state index in [-0.39, 0.29) is 10.7 Å². The molecule has 0 heterocycles. The summed E-state index contributed by atoms with van der Waals surface area (Å²) < 4.78 is 0. The Morgan fingerprint density at radius 2 is 1.93 bits per heavy atom. The number of halogens is 1. The summed E-state index contributed by atoms with van der Waals surface area (Å²) in [5.74, 6) is 0.408. The van der Waals surface area contributed by atoms with E-state index in [4.69, 9.17) is 0 Å². The topological polar surface area (TPSA) is 32.3 Å². The zero-order valence-electron chi connectivity index (χ0n) is 10.4. The second-order valence-corrected chi connectivity index (χ2v) is 5.30. The van der Waals surface area contributed by atoms with Crippen molar-refractivity contribution in [1.82, 2.24) is 10.2 Å². The van der Waals surface area contributed by atoms with Crippen molar-refractivity contribution < 1.29 is 4.79 Å². The fourth-order valence-electron chi connectivity index (χ4n) is 1.12. The highest BCUT2D eigenvalue weighted by molar-refractivity contribution is 9.10. The van der Waals surface area contributed by atoms with Gasteiger partial charge in [-0.25, -0.2) is 0 Å². The van der Waals surface area contributed by atoms with E-state index in [2.05, 4.69) is 47.0 Å². The van der Waals surface area contributed by atoms with Gasteiger partial charge in [0, 0.05) is 12.6 Å². The molecule has 0 rings (SSSR count). The quantitative estimate of drug-likeness (QED) is 0.753. The van der Waals surface area contributed by atoms with E-state index in [1.807, 2.05) is 13.8 Å². The van der Waals surface area contributed by atoms with E-state index in [0.717, 1.165) is 6.54 Å². The normalized spacial score (nSPS) is 15.5. The average Bonchev–Trinajstić information content (AvgIpc) is 2.22. The summed E-state index contributed by atoms with van der Waals surface area (Å²) in [6, 6.07) is 0.380. The number of likely N-dealkylation sites (N-methyl/N-ethyl adjacent to an activating group) is 1. The molecule has 3 nitrogen and oxygen atoms in total. The van der Waals surface area contributed by atoms with Crippen LogP contribution in [0.2, 0.25) is 0 Å². The van der Waals surface area contributed by atoms with Crippen LogP contribution in [0, 0.1) is 5.92 Å². The number of amides is 1. The van der Waals surface area contributed by atoms with Crippen molar-refractivity contribution in [2.24, 2.45) is 5.92 Å². The van der Waals surface area contributed by atoms with Gasteiger partial charge in [0.05, 0.1) is 4.83 Å². The fourth-order valence-corrected chi connectivity index (χ4v) is 1.28. The summed E-state index contributed by atoms with van der Waals surface area (Å²) in [7, 11) is 2.06. The average molecular weight is 279 g/mol. The van der Waals surface area contributed by atoms with Crippen molar-refractivity contribution >= 4 is 21.8 Å². The number of rotatable bonds is 6. The predicted molar refractivity (Wildman–Crippen MR) is 68.3 cm³/mol. The largest absolute Gasteiger partial charge is 0.354 e. The Hall–Kier alpha value is -0.0900. The lowest BCUT2D eigenvalue weighted by Crippen LogP contribution is -2.43. The molecule has 0 aromatic heterocycles. The lowest BCUT2D eigenvalue weighted by Gasteiger charge is -2.24. The molecule has 0 aliphatic rings. The highest BCUT2D eigenvalue weighted by Crippen LogP contribution is 2.11. The zero-order chi connectivity index (χ0) is 12.0. The minimum absolute atomic E-state index is 0.0846. The summed E-state index contributed by atoms with van der Waals surface area (Å²) in [4.78, 5) is 13.7. The van der Waals surface area contributed by atoms with Crippen LogP contribution in [-0.2, 0) is 4.79 Å². The van der Waals surface area contributed by atoms with Gasteiger partial charge < -0.3 is 10.2 Å². The smallest absolute Gasteiger partial charge is 0.234 e. The molecule has 0 aliphatic heterocycles. The molecule has 0 saturated heterocycles. The lowest BCUT2D eigenvalue weighted by atomic mass is 10.1. The first-order valence-electron chi connectivity index (χ1n) is 5.52. The van der Waals surface area contributed by atoms with Crippen LogP contribution in [0.5, 0.6) is 0 Å². The first kappa shape index (κ1) is 14.9. The minimum atomic E-state index is -0.0865. The van der Waals surface area contributed by atoms with Crippen LogP contribution in [0.3, 0.4) is 0 Å². The lowest BCUT2D eigenvalue weighted by molar-refractivity contribution is -0.121. The maximum absolute atomic E-state index is 11.6. The number of carbonyl (C=O) groups is 1. The highest BCUT2D eigenvalue weighted by atomic mass is 79.9. The first-order valence-corrected chi connectivity index (χ1v) is 6.43. The Morgan fingerprint density at radius 3 is 2.33 bits per heavy atom. The zero-order valence-corrected chi connectivity index (χ0v) is 12.0. The van der Waals surface area contributed by atoms with E-state index >= 15 is 0 Å². The fraction of sp³-hybridized carbons (Fsp3) is 0.909. The minimum Gasteiger partial charge on any atom is -0.354 e. The molecule has 0 aromatic rings. The molecule has 2 unspecified atom stereocenters. The van der Waals surface area contributed by atoms with Crippen molar-refractivity contribution in [3.05, 3.63) is 0 Å². The molecule has 2 atom stereocenters. The van der Waals surface area contributed by atoms with Gasteiger partial charge in [-0.2, -0.15) is 0 Å². The molecule has 1 amide bonds. The van der Waals surface area contributed by atoms with Gasteiger partial charge in [0.2, 0.25) is 5.91 Å². The molecule has 90 valence electrons. The van der Waals surface area contributed by atoms with E-state index in [0.29, 0.717) is 18.5 Å². The van der Waals surface area contributed by atoms with Crippen LogP contribution in [-0.4, -0.2) is 41.8 Å². The van der Waals surface area contributed by atoms with Crippen molar-refractivity contribution in [3.8, 4) is 0 Å². The molecular formula is C11H23BrN2O. The van der Waals surface area contributed by atoms with Gasteiger partial charge in [-0.1, -0.05) is 36.7 Å². The van der Waals surface area contributed by atoms with Crippen molar-refractivity contribution in [2.45, 2.75) is 38.6 Å². The van der Waals surface area contributed by atoms with E-state index in [1.54, 1.807) is 0 Å². The van der Waals surface area contributed by atoms with Gasteiger partial charge in [-0.05, 0) is 26.4 Å². The number of hydrogen-bond donors (Lipinski definition) is 1. The van der Waals surface area contributed by atoms with E-state index < -0.39 is 0 Å². The Bertz CT molecular complexity index is 197. The molecule has 0 spiro atoms. The van der Waals surface area contributed by atoms with Gasteiger partial charge in [0.25, 0.3) is 0 Å². The molecule has 15 heavy (non-hydrogen) atoms. The third kappa shape index (κ3) is 5.52. The van der Waals surface area contributed by atoms with Crippen LogP contribution in [0.4, 0.5) is 0 Å². The second kappa shape index (κ2) is 7.23. The molecular weight excluding hydrogens is 256 g/mol. The second-order valence-electron chi connectivity index (χ2n) is 4.31. The highest BCUT2D eigenvalue weighted by Gasteiger charge is 2.19. The molecule has 0 aromatic carbocycles. The standard InChI is InChI=1S/C11H23BrN2O/c1-6-14(5)9(4)7-13-11(15)10(12)8(2)3/h8-10H,6-7H2,1-5H3,(H,13,15). The first-order chi connectivity index (χ1) is 6.90. The Balaban J connectivity index is 3.90. The number of carbonyl (C=O) groups excluding carboxylic acids is 1.